The van der Waals surface area contributed by atoms with Gasteiger partial charge in [-0.05, 0) is 119 Å². The highest BCUT2D eigenvalue weighted by molar-refractivity contribution is 5.26. The van der Waals surface area contributed by atoms with Gasteiger partial charge in [0.15, 0.2) is 25.2 Å². The Morgan fingerprint density at radius 2 is 1.19 bits per heavy atom. The lowest BCUT2D eigenvalue weighted by atomic mass is 9.44. The first-order valence-electron chi connectivity index (χ1n) is 26.9. The Hall–Kier alpha value is -1.34. The molecule has 5 saturated heterocycles. The normalized spacial score (nSPS) is 56.5. The van der Waals surface area contributed by atoms with E-state index in [2.05, 4.69) is 13.8 Å². The predicted octanol–water partition coefficient (Wildman–Crippen LogP) is -3.01. The Balaban J connectivity index is 0.858. The van der Waals surface area contributed by atoms with Crippen LogP contribution in [0, 0.1) is 46.3 Å². The van der Waals surface area contributed by atoms with E-state index in [4.69, 9.17) is 42.6 Å². The van der Waals surface area contributed by atoms with Crippen LogP contribution in [0.25, 0.3) is 0 Å². The lowest BCUT2D eigenvalue weighted by Crippen LogP contribution is -2.67. The number of hydrogen-bond acceptors (Lipinski definition) is 23. The van der Waals surface area contributed by atoms with Crippen molar-refractivity contribution >= 4 is 0 Å². The van der Waals surface area contributed by atoms with E-state index in [0.29, 0.717) is 30.9 Å². The van der Waals surface area contributed by atoms with E-state index in [1.165, 1.54) is 13.8 Å². The largest absolute Gasteiger partial charge is 0.492 e. The fourth-order valence-corrected chi connectivity index (χ4v) is 15.2. The molecule has 23 nitrogen and oxygen atoms in total. The van der Waals surface area contributed by atoms with Crippen molar-refractivity contribution < 1.29 is 114 Å². The SMILES string of the molecule is C[C@@H](C/C=C1\O[C@H]2C[C@H]3[C@@H]4CC[C@H]5C[C@@H](O[C@@H]6O[C@H](CO)[C@@H](O[C@@H]7O[C@@H](C)[C@H](O)[C@@H](O)[C@H]7O)[C@H](O)[C@H]6O[C@@H]6O[C@@H](C)[C@H](O)[C@@H](O)[C@H]6O)[C@H](O)C[C@]5(C)[C@H]4CC[C@]3(C)[C@H]2[C@]1(C)O)CO[C@@H]1O[C@H](CO)[C@@H](O)[C@H](O)[C@H]1O. The molecule has 0 bridgehead atoms. The molecule has 4 saturated carbocycles. The molecule has 0 aromatic rings. The molecule has 23 heteroatoms. The van der Waals surface area contributed by atoms with Crippen molar-refractivity contribution in [2.24, 2.45) is 46.3 Å². The van der Waals surface area contributed by atoms with E-state index >= 15 is 0 Å². The molecule has 14 N–H and O–H groups in total. The Kier molecular flexibility index (Phi) is 17.0. The van der Waals surface area contributed by atoms with Crippen molar-refractivity contribution in [1.82, 2.24) is 0 Å². The van der Waals surface area contributed by atoms with Crippen LogP contribution >= 0.6 is 0 Å². The maximum absolute atomic E-state index is 12.4. The lowest BCUT2D eigenvalue weighted by Gasteiger charge is -2.62. The van der Waals surface area contributed by atoms with Crippen LogP contribution in [0.3, 0.4) is 0 Å². The van der Waals surface area contributed by atoms with Gasteiger partial charge < -0.3 is 114 Å². The second-order valence-corrected chi connectivity index (χ2v) is 24.1. The number of fused-ring (bicyclic) bond motifs is 7. The third kappa shape index (κ3) is 10.1. The summed E-state index contributed by atoms with van der Waals surface area (Å²) in [7, 11) is 0. The van der Waals surface area contributed by atoms with Gasteiger partial charge in [0, 0.05) is 5.92 Å². The maximum Gasteiger partial charge on any atom is 0.187 e. The molecule has 426 valence electrons. The number of ether oxygens (including phenoxy) is 9. The van der Waals surface area contributed by atoms with E-state index < -0.39 is 154 Å². The molecule has 0 radical (unpaired) electrons. The standard InChI is InChI=1S/C51H84O23/c1-19(18-66-45-38(61)37(60)34(57)29(16-52)71-45)7-10-31-51(6,65)44-28(69-31)14-25-23-9-8-22-13-27(26(54)15-50(22,5)24(23)11-12-49(25,44)4)70-48-43(74-47-40(63)36(59)33(56)21(3)68-47)41(64)42(30(17-53)72-48)73-46-39(62)35(58)32(55)20(2)67-46/h10,19-30,32-48,52-65H,7-9,11-18H2,1-6H3/b31-10-/t19-,20-,21-,22-,23+,24-,25-,26+,27+,28-,29+,30+,32-,33-,34+,35+,36+,37-,38+,39+,40+,41-,42+,43+,44-,45+,46-,47-,48+,49-,50-,51+/m0/s1. The number of hydrogen-bond donors (Lipinski definition) is 14. The average Bonchev–Trinajstić information content (AvgIpc) is 3.82. The van der Waals surface area contributed by atoms with Gasteiger partial charge >= 0.3 is 0 Å². The summed E-state index contributed by atoms with van der Waals surface area (Å²) in [5, 5.41) is 151. The van der Waals surface area contributed by atoms with E-state index in [1.807, 2.05) is 19.9 Å². The minimum absolute atomic E-state index is 0.0928. The summed E-state index contributed by atoms with van der Waals surface area (Å²) in [5.41, 5.74) is -1.80. The molecule has 4 aliphatic carbocycles. The Morgan fingerprint density at radius 3 is 1.81 bits per heavy atom. The summed E-state index contributed by atoms with van der Waals surface area (Å²) < 4.78 is 54.3. The molecule has 5 aliphatic heterocycles. The third-order valence-electron chi connectivity index (χ3n) is 19.5. The molecule has 0 aromatic heterocycles. The molecule has 32 atom stereocenters. The summed E-state index contributed by atoms with van der Waals surface area (Å²) in [6.07, 6.45) is -24.5. The van der Waals surface area contributed by atoms with Gasteiger partial charge in [-0.3, -0.25) is 0 Å². The average molecular weight is 1070 g/mol. The van der Waals surface area contributed by atoms with Crippen molar-refractivity contribution in [3.8, 4) is 0 Å². The van der Waals surface area contributed by atoms with E-state index in [-0.39, 0.29) is 53.1 Å². The molecular weight excluding hydrogens is 981 g/mol. The zero-order valence-corrected chi connectivity index (χ0v) is 43.0. The van der Waals surface area contributed by atoms with Crippen LogP contribution in [0.15, 0.2) is 11.8 Å². The third-order valence-corrected chi connectivity index (χ3v) is 19.5. The number of aliphatic hydroxyl groups is 14. The second kappa shape index (κ2) is 22.0. The van der Waals surface area contributed by atoms with Crippen molar-refractivity contribution in [3.63, 3.8) is 0 Å². The Bertz CT molecular complexity index is 1930. The summed E-state index contributed by atoms with van der Waals surface area (Å²) >= 11 is 0. The highest BCUT2D eigenvalue weighted by Crippen LogP contribution is 2.71. The Labute approximate surface area is 430 Å². The summed E-state index contributed by atoms with van der Waals surface area (Å²) in [5.74, 6) is 1.12. The second-order valence-electron chi connectivity index (χ2n) is 24.1. The Morgan fingerprint density at radius 1 is 0.608 bits per heavy atom. The van der Waals surface area contributed by atoms with Gasteiger partial charge in [0.1, 0.15) is 103 Å². The zero-order chi connectivity index (χ0) is 53.7. The summed E-state index contributed by atoms with van der Waals surface area (Å²) in [6, 6.07) is 0. The quantitative estimate of drug-likeness (QED) is 0.0817. The van der Waals surface area contributed by atoms with Gasteiger partial charge in [-0.1, -0.05) is 20.8 Å². The van der Waals surface area contributed by atoms with Gasteiger partial charge in [0.2, 0.25) is 0 Å². The predicted molar refractivity (Wildman–Crippen MR) is 250 cm³/mol. The molecule has 0 aromatic carbocycles. The van der Waals surface area contributed by atoms with Crippen LogP contribution in [0.1, 0.15) is 92.9 Å². The van der Waals surface area contributed by atoms with E-state index in [9.17, 15) is 71.5 Å². The van der Waals surface area contributed by atoms with Crippen molar-refractivity contribution in [3.05, 3.63) is 11.8 Å². The van der Waals surface area contributed by atoms with Crippen LogP contribution in [0.2, 0.25) is 0 Å². The molecule has 5 heterocycles. The van der Waals surface area contributed by atoms with Crippen LogP contribution in [0.5, 0.6) is 0 Å². The first-order chi connectivity index (χ1) is 34.9. The summed E-state index contributed by atoms with van der Waals surface area (Å²) in [4.78, 5) is 0. The smallest absolute Gasteiger partial charge is 0.187 e. The number of aliphatic hydroxyl groups excluding tert-OH is 13. The molecule has 9 aliphatic rings. The fourth-order valence-electron chi connectivity index (χ4n) is 15.2. The van der Waals surface area contributed by atoms with Crippen LogP contribution in [-0.4, -0.2) is 238 Å². The highest BCUT2D eigenvalue weighted by atomic mass is 16.8. The molecule has 0 spiro atoms. The first-order valence-corrected chi connectivity index (χ1v) is 26.9. The number of rotatable bonds is 13. The van der Waals surface area contributed by atoms with Crippen molar-refractivity contribution in [2.75, 3.05) is 19.8 Å². The van der Waals surface area contributed by atoms with E-state index in [0.717, 1.165) is 32.1 Å². The monoisotopic (exact) mass is 1060 g/mol. The van der Waals surface area contributed by atoms with Gasteiger partial charge in [-0.2, -0.15) is 0 Å². The minimum Gasteiger partial charge on any atom is -0.492 e. The van der Waals surface area contributed by atoms with E-state index in [1.54, 1.807) is 0 Å². The van der Waals surface area contributed by atoms with Gasteiger partial charge in [0.05, 0.1) is 44.2 Å². The maximum atomic E-state index is 12.4. The van der Waals surface area contributed by atoms with Crippen LogP contribution in [-0.2, 0) is 42.6 Å². The zero-order valence-electron chi connectivity index (χ0n) is 43.0. The van der Waals surface area contributed by atoms with Crippen LogP contribution in [0.4, 0.5) is 0 Å². The molecule has 9 rings (SSSR count). The van der Waals surface area contributed by atoms with Gasteiger partial charge in [0.25, 0.3) is 0 Å². The fraction of sp³-hybridized carbons (Fsp3) is 0.961. The van der Waals surface area contributed by atoms with Gasteiger partial charge in [-0.15, -0.1) is 0 Å². The topological polar surface area (TPSA) is 366 Å². The van der Waals surface area contributed by atoms with Crippen molar-refractivity contribution in [1.29, 1.82) is 0 Å². The molecule has 9 fully saturated rings. The highest BCUT2D eigenvalue weighted by Gasteiger charge is 2.70. The van der Waals surface area contributed by atoms with Crippen molar-refractivity contribution in [2.45, 2.75) is 240 Å². The first kappa shape index (κ1) is 57.3. The lowest BCUT2D eigenvalue weighted by molar-refractivity contribution is -0.391. The molecule has 0 unspecified atom stereocenters. The molecular formula is C51H84O23. The van der Waals surface area contributed by atoms with Crippen LogP contribution < -0.4 is 0 Å². The molecule has 74 heavy (non-hydrogen) atoms. The minimum atomic E-state index is -1.80. The van der Waals surface area contributed by atoms with Gasteiger partial charge in [-0.25, -0.2) is 0 Å². The summed E-state index contributed by atoms with van der Waals surface area (Å²) in [6.45, 7) is 10.0. The number of allylic oxidation sites excluding steroid dienone is 1. The molecule has 0 amide bonds.